The second kappa shape index (κ2) is 16.0. The first-order valence-electron chi connectivity index (χ1n) is 15.3. The monoisotopic (exact) mass is 645 g/mol. The lowest BCUT2D eigenvalue weighted by molar-refractivity contribution is -0.140. The van der Waals surface area contributed by atoms with E-state index >= 15 is 4.39 Å². The molecule has 2 atom stereocenters. The van der Waals surface area contributed by atoms with E-state index in [9.17, 15) is 18.0 Å². The van der Waals surface area contributed by atoms with E-state index in [4.69, 9.17) is 4.74 Å². The van der Waals surface area contributed by atoms with E-state index in [2.05, 4.69) is 5.32 Å². The van der Waals surface area contributed by atoms with Crippen LogP contribution in [0, 0.1) is 5.82 Å². The number of halogens is 1. The zero-order valence-electron chi connectivity index (χ0n) is 26.3. The Bertz CT molecular complexity index is 1690. The van der Waals surface area contributed by atoms with Crippen molar-refractivity contribution < 1.29 is 27.1 Å². The molecule has 0 fully saturated rings. The summed E-state index contributed by atoms with van der Waals surface area (Å²) in [6.07, 6.45) is 0.799. The van der Waals surface area contributed by atoms with Crippen LogP contribution in [0.5, 0.6) is 5.75 Å². The maximum Gasteiger partial charge on any atom is 0.264 e. The molecule has 2 amide bonds. The fourth-order valence-corrected chi connectivity index (χ4v) is 6.34. The standard InChI is InChI=1S/C36H40FN3O5S/c1-4-27(3)38-36(42)34(24-28-14-8-6-9-15-28)39(25-29-16-12-13-19-33(29)37)35(41)26-40(30-17-10-7-11-18-30)46(43,44)32-22-20-31(21-23-32)45-5-2/h6-23,27,34H,4-5,24-26H2,1-3H3,(H,38,42)/t27-,34-/m1/s1. The van der Waals surface area contributed by atoms with Crippen LogP contribution in [0.3, 0.4) is 0 Å². The SMILES string of the molecule is CCOc1ccc(S(=O)(=O)N(CC(=O)N(Cc2ccccc2F)[C@H](Cc2ccccc2)C(=O)N[C@H](C)CC)c2ccccc2)cc1. The third-order valence-electron chi connectivity index (χ3n) is 7.62. The van der Waals surface area contributed by atoms with Crippen LogP contribution in [0.4, 0.5) is 10.1 Å². The number of rotatable bonds is 15. The number of carbonyl (C=O) groups is 2. The highest BCUT2D eigenvalue weighted by molar-refractivity contribution is 7.92. The van der Waals surface area contributed by atoms with Crippen molar-refractivity contribution in [2.75, 3.05) is 17.5 Å². The van der Waals surface area contributed by atoms with E-state index in [1.807, 2.05) is 51.1 Å². The molecule has 1 N–H and O–H groups in total. The van der Waals surface area contributed by atoms with Crippen LogP contribution >= 0.6 is 0 Å². The number of hydrogen-bond donors (Lipinski definition) is 1. The Morgan fingerprint density at radius 2 is 1.46 bits per heavy atom. The molecule has 0 radical (unpaired) electrons. The molecule has 0 saturated heterocycles. The molecule has 0 bridgehead atoms. The van der Waals surface area contributed by atoms with Crippen molar-refractivity contribution >= 4 is 27.5 Å². The smallest absolute Gasteiger partial charge is 0.264 e. The van der Waals surface area contributed by atoms with Crippen LogP contribution in [0.2, 0.25) is 0 Å². The van der Waals surface area contributed by atoms with E-state index in [1.54, 1.807) is 60.7 Å². The summed E-state index contributed by atoms with van der Waals surface area (Å²) in [6, 6.07) is 28.3. The van der Waals surface area contributed by atoms with Crippen LogP contribution in [0.1, 0.15) is 38.3 Å². The molecule has 0 aromatic heterocycles. The Morgan fingerprint density at radius 1 is 0.848 bits per heavy atom. The van der Waals surface area contributed by atoms with Gasteiger partial charge in [0.25, 0.3) is 10.0 Å². The van der Waals surface area contributed by atoms with Crippen LogP contribution in [0.15, 0.2) is 114 Å². The van der Waals surface area contributed by atoms with E-state index in [-0.39, 0.29) is 35.2 Å². The maximum atomic E-state index is 15.0. The van der Waals surface area contributed by atoms with Crippen molar-refractivity contribution in [2.45, 2.75) is 57.1 Å². The number of nitrogens with zero attached hydrogens (tertiary/aromatic N) is 2. The lowest BCUT2D eigenvalue weighted by Gasteiger charge is -2.34. The molecule has 4 aromatic carbocycles. The summed E-state index contributed by atoms with van der Waals surface area (Å²) in [5.74, 6) is -1.11. The third-order valence-corrected chi connectivity index (χ3v) is 9.40. The number of amides is 2. The van der Waals surface area contributed by atoms with Crippen LogP contribution in [0.25, 0.3) is 0 Å². The first-order valence-corrected chi connectivity index (χ1v) is 16.8. The van der Waals surface area contributed by atoms with E-state index in [1.165, 1.54) is 23.1 Å². The highest BCUT2D eigenvalue weighted by Gasteiger charge is 2.35. The zero-order chi connectivity index (χ0) is 33.1. The summed E-state index contributed by atoms with van der Waals surface area (Å²) in [5, 5.41) is 2.97. The Kier molecular flexibility index (Phi) is 11.9. The van der Waals surface area contributed by atoms with Crippen molar-refractivity contribution in [1.82, 2.24) is 10.2 Å². The number of carbonyl (C=O) groups excluding carboxylic acids is 2. The Hall–Kier alpha value is -4.70. The quantitative estimate of drug-likeness (QED) is 0.172. The van der Waals surface area contributed by atoms with Crippen molar-refractivity contribution in [3.8, 4) is 5.75 Å². The van der Waals surface area contributed by atoms with Crippen LogP contribution in [-0.2, 0) is 32.6 Å². The highest BCUT2D eigenvalue weighted by atomic mass is 32.2. The van der Waals surface area contributed by atoms with E-state index < -0.39 is 40.2 Å². The number of ether oxygens (including phenoxy) is 1. The van der Waals surface area contributed by atoms with Gasteiger partial charge in [0, 0.05) is 24.6 Å². The average molecular weight is 646 g/mol. The minimum absolute atomic E-state index is 0.0383. The molecule has 0 unspecified atom stereocenters. The summed E-state index contributed by atoms with van der Waals surface area (Å²) in [6.45, 7) is 5.17. The first kappa shape index (κ1) is 34.2. The summed E-state index contributed by atoms with van der Waals surface area (Å²) in [7, 11) is -4.27. The van der Waals surface area contributed by atoms with Gasteiger partial charge in [0.2, 0.25) is 11.8 Å². The second-order valence-electron chi connectivity index (χ2n) is 10.9. The van der Waals surface area contributed by atoms with Crippen LogP contribution < -0.4 is 14.4 Å². The van der Waals surface area contributed by atoms with Gasteiger partial charge in [-0.15, -0.1) is 0 Å². The van der Waals surface area contributed by atoms with Gasteiger partial charge in [-0.3, -0.25) is 13.9 Å². The molecule has 0 aliphatic carbocycles. The fourth-order valence-electron chi connectivity index (χ4n) is 4.93. The largest absolute Gasteiger partial charge is 0.494 e. The number of sulfonamides is 1. The van der Waals surface area contributed by atoms with Gasteiger partial charge >= 0.3 is 0 Å². The molecule has 242 valence electrons. The van der Waals surface area contributed by atoms with Gasteiger partial charge in [0.1, 0.15) is 24.2 Å². The van der Waals surface area contributed by atoms with Gasteiger partial charge in [-0.25, -0.2) is 12.8 Å². The lowest BCUT2D eigenvalue weighted by Crippen LogP contribution is -2.54. The third kappa shape index (κ3) is 8.72. The molecule has 8 nitrogen and oxygen atoms in total. The topological polar surface area (TPSA) is 96.0 Å². The fraction of sp³-hybridized carbons (Fsp3) is 0.278. The zero-order valence-corrected chi connectivity index (χ0v) is 27.1. The van der Waals surface area contributed by atoms with Crippen molar-refractivity contribution in [3.05, 3.63) is 126 Å². The summed E-state index contributed by atoms with van der Waals surface area (Å²) in [5.41, 5.74) is 1.25. The number of nitrogens with one attached hydrogen (secondary N) is 1. The minimum Gasteiger partial charge on any atom is -0.494 e. The van der Waals surface area contributed by atoms with Gasteiger partial charge in [0.15, 0.2) is 0 Å². The predicted molar refractivity (Wildman–Crippen MR) is 177 cm³/mol. The minimum atomic E-state index is -4.27. The van der Waals surface area contributed by atoms with Gasteiger partial charge in [-0.05, 0) is 68.3 Å². The molecular formula is C36H40FN3O5S. The van der Waals surface area contributed by atoms with E-state index in [0.717, 1.165) is 9.87 Å². The van der Waals surface area contributed by atoms with Crippen molar-refractivity contribution in [3.63, 3.8) is 0 Å². The molecule has 46 heavy (non-hydrogen) atoms. The van der Waals surface area contributed by atoms with Crippen molar-refractivity contribution in [1.29, 1.82) is 0 Å². The van der Waals surface area contributed by atoms with Gasteiger partial charge in [-0.2, -0.15) is 0 Å². The normalized spacial score (nSPS) is 12.5. The number of para-hydroxylation sites is 1. The second-order valence-corrected chi connectivity index (χ2v) is 12.8. The molecule has 0 heterocycles. The molecular weight excluding hydrogens is 605 g/mol. The molecule has 0 spiro atoms. The number of benzene rings is 4. The summed E-state index contributed by atoms with van der Waals surface area (Å²) in [4.78, 5) is 29.5. The van der Waals surface area contributed by atoms with Gasteiger partial charge in [0.05, 0.1) is 17.2 Å². The van der Waals surface area contributed by atoms with Crippen molar-refractivity contribution in [2.24, 2.45) is 0 Å². The highest BCUT2D eigenvalue weighted by Crippen LogP contribution is 2.26. The Labute approximate surface area is 270 Å². The Balaban J connectivity index is 1.79. The molecule has 0 aliphatic heterocycles. The molecule has 4 aromatic rings. The average Bonchev–Trinajstić information content (AvgIpc) is 3.07. The lowest BCUT2D eigenvalue weighted by atomic mass is 10.0. The Morgan fingerprint density at radius 3 is 2.07 bits per heavy atom. The first-order chi connectivity index (χ1) is 22.1. The van der Waals surface area contributed by atoms with Crippen LogP contribution in [-0.4, -0.2) is 50.4 Å². The number of hydrogen-bond acceptors (Lipinski definition) is 5. The maximum absolute atomic E-state index is 15.0. The predicted octanol–water partition coefficient (Wildman–Crippen LogP) is 5.97. The number of anilines is 1. The molecule has 10 heteroatoms. The van der Waals surface area contributed by atoms with E-state index in [0.29, 0.717) is 18.8 Å². The molecule has 0 aliphatic rings. The molecule has 0 saturated carbocycles. The van der Waals surface area contributed by atoms with Gasteiger partial charge in [-0.1, -0.05) is 73.7 Å². The summed E-state index contributed by atoms with van der Waals surface area (Å²) >= 11 is 0. The summed E-state index contributed by atoms with van der Waals surface area (Å²) < 4.78 is 49.8. The molecule has 4 rings (SSSR count). The van der Waals surface area contributed by atoms with Gasteiger partial charge < -0.3 is 15.0 Å².